The highest BCUT2D eigenvalue weighted by molar-refractivity contribution is 5.78. The number of imidazole rings is 1. The lowest BCUT2D eigenvalue weighted by Crippen LogP contribution is -2.27. The van der Waals surface area contributed by atoms with Gasteiger partial charge >= 0.3 is 0 Å². The molecule has 1 aliphatic carbocycles. The van der Waals surface area contributed by atoms with E-state index in [2.05, 4.69) is 11.9 Å². The lowest BCUT2D eigenvalue weighted by molar-refractivity contribution is -0.130. The van der Waals surface area contributed by atoms with E-state index < -0.39 is 0 Å². The molecule has 3 aromatic rings. The van der Waals surface area contributed by atoms with Crippen LogP contribution in [0.5, 0.6) is 0 Å². The van der Waals surface area contributed by atoms with Crippen LogP contribution in [0.15, 0.2) is 41.1 Å². The van der Waals surface area contributed by atoms with Crippen LogP contribution < -0.4 is 0 Å². The predicted octanol–water partition coefficient (Wildman–Crippen LogP) is 3.56. The zero-order valence-corrected chi connectivity index (χ0v) is 14.9. The Morgan fingerprint density at radius 1 is 1.40 bits per heavy atom. The summed E-state index contributed by atoms with van der Waals surface area (Å²) in [5.41, 5.74) is 2.80. The Hall–Kier alpha value is -2.56. The number of hydrogen-bond acceptors (Lipinski definition) is 3. The number of amides is 1. The van der Waals surface area contributed by atoms with E-state index in [4.69, 9.17) is 4.42 Å². The molecule has 0 aliphatic heterocycles. The molecule has 0 spiro atoms. The van der Waals surface area contributed by atoms with Crippen molar-refractivity contribution in [3.05, 3.63) is 59.4 Å². The molecule has 4 rings (SSSR count). The van der Waals surface area contributed by atoms with Gasteiger partial charge in [-0.15, -0.1) is 0 Å². The van der Waals surface area contributed by atoms with Crippen LogP contribution in [0.2, 0.25) is 0 Å². The van der Waals surface area contributed by atoms with E-state index in [1.807, 2.05) is 55.0 Å². The smallest absolute Gasteiger partial charge is 0.228 e. The molecule has 25 heavy (non-hydrogen) atoms. The van der Waals surface area contributed by atoms with E-state index in [0.29, 0.717) is 18.9 Å². The van der Waals surface area contributed by atoms with Gasteiger partial charge in [0.2, 0.25) is 5.91 Å². The highest BCUT2D eigenvalue weighted by Gasteiger charge is 2.36. The molecular formula is C20H23N3O2. The third kappa shape index (κ3) is 3.18. The second-order valence-corrected chi connectivity index (χ2v) is 7.20. The highest BCUT2D eigenvalue weighted by atomic mass is 16.3. The summed E-state index contributed by atoms with van der Waals surface area (Å²) < 4.78 is 7.86. The third-order valence-corrected chi connectivity index (χ3v) is 5.04. The summed E-state index contributed by atoms with van der Waals surface area (Å²) in [6.07, 6.45) is 5.38. The lowest BCUT2D eigenvalue weighted by atomic mass is 10.2. The third-order valence-electron chi connectivity index (χ3n) is 5.04. The van der Waals surface area contributed by atoms with Crippen LogP contribution in [0, 0.1) is 12.8 Å². The van der Waals surface area contributed by atoms with Gasteiger partial charge in [-0.25, -0.2) is 4.98 Å². The summed E-state index contributed by atoms with van der Waals surface area (Å²) in [7, 11) is 1.81. The number of aromatic nitrogens is 2. The standard InChI is InChI=1S/C20H23N3O2/c1-13-5-4-8-23-11-15(21-20(13)23)10-19(24)22(3)12-16-6-7-18(25-16)17-9-14(17)2/h4-8,11,14,17H,9-10,12H2,1-3H3/t14-,17+/m0/s1. The van der Waals surface area contributed by atoms with Gasteiger partial charge in [0.15, 0.2) is 0 Å². The average molecular weight is 337 g/mol. The molecule has 1 saturated carbocycles. The molecule has 0 saturated heterocycles. The van der Waals surface area contributed by atoms with Crippen LogP contribution in [0.3, 0.4) is 0 Å². The maximum absolute atomic E-state index is 12.5. The van der Waals surface area contributed by atoms with Gasteiger partial charge in [-0.05, 0) is 43.0 Å². The molecule has 5 nitrogen and oxygen atoms in total. The molecule has 130 valence electrons. The van der Waals surface area contributed by atoms with E-state index in [0.717, 1.165) is 34.3 Å². The molecule has 3 heterocycles. The molecule has 2 atom stereocenters. The summed E-state index contributed by atoms with van der Waals surface area (Å²) in [5.74, 6) is 3.22. The molecule has 3 aromatic heterocycles. The zero-order chi connectivity index (χ0) is 17.6. The fourth-order valence-corrected chi connectivity index (χ4v) is 3.30. The van der Waals surface area contributed by atoms with Crippen molar-refractivity contribution in [1.82, 2.24) is 14.3 Å². The Morgan fingerprint density at radius 3 is 2.92 bits per heavy atom. The highest BCUT2D eigenvalue weighted by Crippen LogP contribution is 2.47. The molecule has 0 unspecified atom stereocenters. The number of furan rings is 1. The van der Waals surface area contributed by atoms with E-state index in [9.17, 15) is 4.79 Å². The minimum Gasteiger partial charge on any atom is -0.464 e. The van der Waals surface area contributed by atoms with Gasteiger partial charge in [-0.3, -0.25) is 4.79 Å². The van der Waals surface area contributed by atoms with Crippen LogP contribution in [0.25, 0.3) is 5.65 Å². The number of carbonyl (C=O) groups is 1. The SMILES string of the molecule is Cc1cccn2cc(CC(=O)N(C)Cc3ccc([C@@H]4C[C@@H]4C)o3)nc12. The fraction of sp³-hybridized carbons (Fsp3) is 0.400. The first-order valence-corrected chi connectivity index (χ1v) is 8.77. The number of fused-ring (bicyclic) bond motifs is 1. The van der Waals surface area contributed by atoms with Gasteiger partial charge in [-0.2, -0.15) is 0 Å². The molecule has 0 radical (unpaired) electrons. The van der Waals surface area contributed by atoms with Crippen molar-refractivity contribution in [2.45, 2.75) is 39.2 Å². The largest absolute Gasteiger partial charge is 0.464 e. The Balaban J connectivity index is 1.41. The van der Waals surface area contributed by atoms with Gasteiger partial charge in [0.25, 0.3) is 0 Å². The molecular weight excluding hydrogens is 314 g/mol. The second kappa shape index (κ2) is 6.06. The predicted molar refractivity (Wildman–Crippen MR) is 95.3 cm³/mol. The van der Waals surface area contributed by atoms with Crippen molar-refractivity contribution in [1.29, 1.82) is 0 Å². The minimum absolute atomic E-state index is 0.0406. The van der Waals surface area contributed by atoms with Crippen molar-refractivity contribution in [3.8, 4) is 0 Å². The topological polar surface area (TPSA) is 50.8 Å². The van der Waals surface area contributed by atoms with Crippen LogP contribution in [-0.4, -0.2) is 27.2 Å². The van der Waals surface area contributed by atoms with E-state index in [1.54, 1.807) is 4.90 Å². The quantitative estimate of drug-likeness (QED) is 0.715. The van der Waals surface area contributed by atoms with Gasteiger partial charge in [0, 0.05) is 25.4 Å². The summed E-state index contributed by atoms with van der Waals surface area (Å²) in [6.45, 7) is 4.75. The zero-order valence-electron chi connectivity index (χ0n) is 14.9. The van der Waals surface area contributed by atoms with Gasteiger partial charge < -0.3 is 13.7 Å². The van der Waals surface area contributed by atoms with Crippen molar-refractivity contribution in [2.24, 2.45) is 5.92 Å². The maximum atomic E-state index is 12.5. The molecule has 5 heteroatoms. The number of likely N-dealkylation sites (N-methyl/N-ethyl adjacent to an activating group) is 1. The Morgan fingerprint density at radius 2 is 2.20 bits per heavy atom. The first-order valence-electron chi connectivity index (χ1n) is 8.77. The molecule has 1 aliphatic rings. The fourth-order valence-electron chi connectivity index (χ4n) is 3.30. The number of rotatable bonds is 5. The Labute approximate surface area is 147 Å². The molecule has 1 fully saturated rings. The molecule has 1 amide bonds. The van der Waals surface area contributed by atoms with E-state index in [-0.39, 0.29) is 5.91 Å². The normalized spacial score (nSPS) is 19.3. The van der Waals surface area contributed by atoms with Gasteiger partial charge in [0.05, 0.1) is 18.7 Å². The number of carbonyl (C=O) groups excluding carboxylic acids is 1. The molecule has 0 bridgehead atoms. The van der Waals surface area contributed by atoms with Gasteiger partial charge in [-0.1, -0.05) is 13.0 Å². The van der Waals surface area contributed by atoms with Crippen LogP contribution >= 0.6 is 0 Å². The molecule has 0 aromatic carbocycles. The number of aryl methyl sites for hydroxylation is 1. The van der Waals surface area contributed by atoms with Crippen molar-refractivity contribution < 1.29 is 9.21 Å². The molecule has 0 N–H and O–H groups in total. The lowest BCUT2D eigenvalue weighted by Gasteiger charge is -2.14. The van der Waals surface area contributed by atoms with Gasteiger partial charge in [0.1, 0.15) is 17.2 Å². The average Bonchev–Trinajstić information content (AvgIpc) is 2.98. The van der Waals surface area contributed by atoms with Crippen LogP contribution in [0.1, 0.15) is 42.0 Å². The number of pyridine rings is 1. The summed E-state index contributed by atoms with van der Waals surface area (Å²) in [5, 5.41) is 0. The Kier molecular flexibility index (Phi) is 3.86. The first kappa shape index (κ1) is 15.9. The summed E-state index contributed by atoms with van der Waals surface area (Å²) in [4.78, 5) is 18.8. The summed E-state index contributed by atoms with van der Waals surface area (Å²) in [6, 6.07) is 8.04. The Bertz CT molecular complexity index is 924. The second-order valence-electron chi connectivity index (χ2n) is 7.20. The van der Waals surface area contributed by atoms with Crippen molar-refractivity contribution in [2.75, 3.05) is 7.05 Å². The van der Waals surface area contributed by atoms with E-state index in [1.165, 1.54) is 6.42 Å². The van der Waals surface area contributed by atoms with Crippen LogP contribution in [-0.2, 0) is 17.8 Å². The van der Waals surface area contributed by atoms with Crippen molar-refractivity contribution >= 4 is 11.6 Å². The first-order chi connectivity index (χ1) is 12.0. The van der Waals surface area contributed by atoms with E-state index >= 15 is 0 Å². The monoisotopic (exact) mass is 337 g/mol. The summed E-state index contributed by atoms with van der Waals surface area (Å²) >= 11 is 0. The number of nitrogens with zero attached hydrogens (tertiary/aromatic N) is 3. The minimum atomic E-state index is 0.0406. The van der Waals surface area contributed by atoms with Crippen molar-refractivity contribution in [3.63, 3.8) is 0 Å². The number of hydrogen-bond donors (Lipinski definition) is 0. The maximum Gasteiger partial charge on any atom is 0.228 e. The van der Waals surface area contributed by atoms with Crippen LogP contribution in [0.4, 0.5) is 0 Å².